The Bertz CT molecular complexity index is 296. The molecular formula is C13H21NO. The van der Waals surface area contributed by atoms with Gasteiger partial charge in [0.25, 0.3) is 0 Å². The first kappa shape index (κ1) is 11.9. The molecule has 1 atom stereocenters. The number of anilines is 1. The Labute approximate surface area is 92.6 Å². The molecule has 0 aromatic heterocycles. The highest BCUT2D eigenvalue weighted by Gasteiger charge is 2.07. The van der Waals surface area contributed by atoms with E-state index in [-0.39, 0.29) is 0 Å². The van der Waals surface area contributed by atoms with E-state index in [4.69, 9.17) is 4.74 Å². The van der Waals surface area contributed by atoms with E-state index in [0.717, 1.165) is 17.9 Å². The molecular weight excluding hydrogens is 186 g/mol. The van der Waals surface area contributed by atoms with Gasteiger partial charge in [0.15, 0.2) is 0 Å². The molecule has 0 aliphatic rings. The topological polar surface area (TPSA) is 21.3 Å². The number of nitrogens with one attached hydrogen (secondary N) is 1. The van der Waals surface area contributed by atoms with Crippen molar-refractivity contribution in [3.8, 4) is 5.75 Å². The molecule has 0 bridgehead atoms. The van der Waals surface area contributed by atoms with Gasteiger partial charge in [0.1, 0.15) is 5.75 Å². The summed E-state index contributed by atoms with van der Waals surface area (Å²) in [7, 11) is 1.70. The van der Waals surface area contributed by atoms with Gasteiger partial charge in [-0.3, -0.25) is 0 Å². The minimum atomic E-state index is 0.473. The van der Waals surface area contributed by atoms with E-state index < -0.39 is 0 Å². The Morgan fingerprint density at radius 1 is 1.20 bits per heavy atom. The van der Waals surface area contributed by atoms with Gasteiger partial charge in [0.05, 0.1) is 12.8 Å². The summed E-state index contributed by atoms with van der Waals surface area (Å²) >= 11 is 0. The Balaban J connectivity index is 2.63. The lowest BCUT2D eigenvalue weighted by atomic mass is 10.1. The molecule has 0 aliphatic heterocycles. The number of rotatable bonds is 5. The molecule has 0 heterocycles. The molecule has 84 valence electrons. The number of benzene rings is 1. The van der Waals surface area contributed by atoms with Crippen molar-refractivity contribution in [2.75, 3.05) is 12.4 Å². The molecule has 0 spiro atoms. The first-order valence-corrected chi connectivity index (χ1v) is 5.53. The molecule has 1 rings (SSSR count). The molecule has 0 radical (unpaired) electrons. The molecule has 1 aromatic rings. The van der Waals surface area contributed by atoms with Crippen LogP contribution in [-0.4, -0.2) is 13.2 Å². The van der Waals surface area contributed by atoms with E-state index in [1.165, 1.54) is 0 Å². The van der Waals surface area contributed by atoms with Gasteiger partial charge in [-0.25, -0.2) is 0 Å². The molecule has 1 N–H and O–H groups in total. The summed E-state index contributed by atoms with van der Waals surface area (Å²) in [6.45, 7) is 6.67. The summed E-state index contributed by atoms with van der Waals surface area (Å²) in [6.07, 6.45) is 1.16. The van der Waals surface area contributed by atoms with Crippen molar-refractivity contribution >= 4 is 5.69 Å². The zero-order chi connectivity index (χ0) is 11.3. The standard InChI is InChI=1S/C13H21NO/c1-10(2)9-11(3)14-12-7-5-6-8-13(12)15-4/h5-8,10-11,14H,9H2,1-4H3. The third-order valence-corrected chi connectivity index (χ3v) is 2.33. The van der Waals surface area contributed by atoms with Crippen LogP contribution < -0.4 is 10.1 Å². The van der Waals surface area contributed by atoms with Gasteiger partial charge in [-0.15, -0.1) is 0 Å². The number of hydrogen-bond acceptors (Lipinski definition) is 2. The second-order valence-corrected chi connectivity index (χ2v) is 4.38. The number of methoxy groups -OCH3 is 1. The molecule has 0 aliphatic carbocycles. The van der Waals surface area contributed by atoms with E-state index in [1.54, 1.807) is 7.11 Å². The number of ether oxygens (including phenoxy) is 1. The van der Waals surface area contributed by atoms with E-state index in [9.17, 15) is 0 Å². The summed E-state index contributed by atoms with van der Waals surface area (Å²) in [6, 6.07) is 8.51. The van der Waals surface area contributed by atoms with Crippen molar-refractivity contribution in [2.24, 2.45) is 5.92 Å². The fourth-order valence-corrected chi connectivity index (χ4v) is 1.80. The molecule has 0 saturated heterocycles. The van der Waals surface area contributed by atoms with E-state index in [1.807, 2.05) is 18.2 Å². The van der Waals surface area contributed by atoms with Crippen LogP contribution in [0.3, 0.4) is 0 Å². The lowest BCUT2D eigenvalue weighted by Gasteiger charge is -2.18. The quantitative estimate of drug-likeness (QED) is 0.797. The van der Waals surface area contributed by atoms with Crippen LogP contribution in [0.25, 0.3) is 0 Å². The second-order valence-electron chi connectivity index (χ2n) is 4.38. The van der Waals surface area contributed by atoms with Crippen molar-refractivity contribution < 1.29 is 4.74 Å². The van der Waals surface area contributed by atoms with Gasteiger partial charge < -0.3 is 10.1 Å². The Kier molecular flexibility index (Phi) is 4.47. The van der Waals surface area contributed by atoms with Crippen LogP contribution >= 0.6 is 0 Å². The molecule has 15 heavy (non-hydrogen) atoms. The van der Waals surface area contributed by atoms with Crippen molar-refractivity contribution in [3.05, 3.63) is 24.3 Å². The fraction of sp³-hybridized carbons (Fsp3) is 0.538. The smallest absolute Gasteiger partial charge is 0.141 e. The molecule has 0 fully saturated rings. The molecule has 2 heteroatoms. The summed E-state index contributed by atoms with van der Waals surface area (Å²) in [4.78, 5) is 0. The third kappa shape index (κ3) is 3.82. The van der Waals surface area contributed by atoms with E-state index in [2.05, 4.69) is 32.2 Å². The predicted molar refractivity (Wildman–Crippen MR) is 65.5 cm³/mol. The summed E-state index contributed by atoms with van der Waals surface area (Å²) in [5.41, 5.74) is 1.08. The maximum absolute atomic E-state index is 5.29. The molecule has 1 unspecified atom stereocenters. The lowest BCUT2D eigenvalue weighted by Crippen LogP contribution is -2.17. The second kappa shape index (κ2) is 5.64. The summed E-state index contributed by atoms with van der Waals surface area (Å²) in [5.74, 6) is 1.62. The first-order valence-electron chi connectivity index (χ1n) is 5.53. The van der Waals surface area contributed by atoms with Gasteiger partial charge in [-0.2, -0.15) is 0 Å². The minimum absolute atomic E-state index is 0.473. The SMILES string of the molecule is COc1ccccc1NC(C)CC(C)C. The van der Waals surface area contributed by atoms with E-state index in [0.29, 0.717) is 12.0 Å². The maximum Gasteiger partial charge on any atom is 0.141 e. The normalized spacial score (nSPS) is 12.6. The zero-order valence-corrected chi connectivity index (χ0v) is 10.1. The highest BCUT2D eigenvalue weighted by atomic mass is 16.5. The lowest BCUT2D eigenvalue weighted by molar-refractivity contribution is 0.415. The Morgan fingerprint density at radius 3 is 2.47 bits per heavy atom. The largest absolute Gasteiger partial charge is 0.495 e. The molecule has 0 saturated carbocycles. The highest BCUT2D eigenvalue weighted by Crippen LogP contribution is 2.24. The van der Waals surface area contributed by atoms with Gasteiger partial charge >= 0.3 is 0 Å². The van der Waals surface area contributed by atoms with Crippen LogP contribution in [0.2, 0.25) is 0 Å². The van der Waals surface area contributed by atoms with Crippen LogP contribution in [0.1, 0.15) is 27.2 Å². The molecule has 0 amide bonds. The van der Waals surface area contributed by atoms with Crippen LogP contribution in [0.5, 0.6) is 5.75 Å². The summed E-state index contributed by atoms with van der Waals surface area (Å²) in [5, 5.41) is 3.47. The third-order valence-electron chi connectivity index (χ3n) is 2.33. The zero-order valence-electron chi connectivity index (χ0n) is 10.1. The van der Waals surface area contributed by atoms with Gasteiger partial charge in [-0.1, -0.05) is 26.0 Å². The minimum Gasteiger partial charge on any atom is -0.495 e. The first-order chi connectivity index (χ1) is 7.13. The van der Waals surface area contributed by atoms with E-state index >= 15 is 0 Å². The summed E-state index contributed by atoms with van der Waals surface area (Å²) < 4.78 is 5.29. The molecule has 2 nitrogen and oxygen atoms in total. The average molecular weight is 207 g/mol. The average Bonchev–Trinajstić information content (AvgIpc) is 2.17. The van der Waals surface area contributed by atoms with Crippen LogP contribution in [0.4, 0.5) is 5.69 Å². The van der Waals surface area contributed by atoms with Crippen molar-refractivity contribution in [3.63, 3.8) is 0 Å². The van der Waals surface area contributed by atoms with Crippen molar-refractivity contribution in [1.29, 1.82) is 0 Å². The van der Waals surface area contributed by atoms with Crippen LogP contribution in [-0.2, 0) is 0 Å². The maximum atomic E-state index is 5.29. The van der Waals surface area contributed by atoms with Crippen LogP contribution in [0.15, 0.2) is 24.3 Å². The Hall–Kier alpha value is -1.18. The van der Waals surface area contributed by atoms with Crippen molar-refractivity contribution in [2.45, 2.75) is 33.2 Å². The van der Waals surface area contributed by atoms with Crippen LogP contribution in [0, 0.1) is 5.92 Å². The van der Waals surface area contributed by atoms with Gasteiger partial charge in [0, 0.05) is 6.04 Å². The van der Waals surface area contributed by atoms with Crippen molar-refractivity contribution in [1.82, 2.24) is 0 Å². The van der Waals surface area contributed by atoms with Gasteiger partial charge in [0.2, 0.25) is 0 Å². The number of para-hydroxylation sites is 2. The predicted octanol–water partition coefficient (Wildman–Crippen LogP) is 3.54. The highest BCUT2D eigenvalue weighted by molar-refractivity contribution is 5.56. The fourth-order valence-electron chi connectivity index (χ4n) is 1.80. The van der Waals surface area contributed by atoms with Gasteiger partial charge in [-0.05, 0) is 31.4 Å². The monoisotopic (exact) mass is 207 g/mol. The molecule has 1 aromatic carbocycles. The Morgan fingerprint density at radius 2 is 1.87 bits per heavy atom. The number of hydrogen-bond donors (Lipinski definition) is 1.